The third kappa shape index (κ3) is 5.20. The van der Waals surface area contributed by atoms with Gasteiger partial charge in [-0.2, -0.15) is 5.26 Å². The van der Waals surface area contributed by atoms with Crippen LogP contribution in [0.1, 0.15) is 21.6 Å². The molecule has 28 heavy (non-hydrogen) atoms. The summed E-state index contributed by atoms with van der Waals surface area (Å²) in [6.07, 6.45) is 3.78. The van der Waals surface area contributed by atoms with Crippen molar-refractivity contribution in [3.05, 3.63) is 85.8 Å². The first-order valence-corrected chi connectivity index (χ1v) is 9.90. The summed E-state index contributed by atoms with van der Waals surface area (Å²) in [6.45, 7) is 1.97. The SMILES string of the molecule is Cc1ccc(/C=C(/C#N)C(=O)Nc2ncc(Cc3cc(Cl)ccc3Cl)s2)cc1. The van der Waals surface area contributed by atoms with Crippen LogP contribution in [0.5, 0.6) is 0 Å². The molecule has 0 saturated heterocycles. The Labute approximate surface area is 177 Å². The molecule has 3 aromatic rings. The van der Waals surface area contributed by atoms with Gasteiger partial charge in [-0.05, 0) is 42.3 Å². The van der Waals surface area contributed by atoms with E-state index in [9.17, 15) is 10.1 Å². The van der Waals surface area contributed by atoms with E-state index in [0.29, 0.717) is 21.6 Å². The average molecular weight is 428 g/mol. The van der Waals surface area contributed by atoms with E-state index in [-0.39, 0.29) is 5.57 Å². The van der Waals surface area contributed by atoms with Crippen LogP contribution in [0.15, 0.2) is 54.2 Å². The Morgan fingerprint density at radius 3 is 2.71 bits per heavy atom. The molecule has 7 heteroatoms. The van der Waals surface area contributed by atoms with Gasteiger partial charge < -0.3 is 0 Å². The molecule has 140 valence electrons. The van der Waals surface area contributed by atoms with Gasteiger partial charge in [-0.25, -0.2) is 4.98 Å². The van der Waals surface area contributed by atoms with Crippen molar-refractivity contribution in [3.63, 3.8) is 0 Å². The molecule has 0 bridgehead atoms. The second-order valence-electron chi connectivity index (χ2n) is 6.08. The maximum atomic E-state index is 12.4. The molecule has 0 saturated carbocycles. The Morgan fingerprint density at radius 1 is 1.25 bits per heavy atom. The largest absolute Gasteiger partial charge is 0.297 e. The number of thiazole rings is 1. The highest BCUT2D eigenvalue weighted by atomic mass is 35.5. The van der Waals surface area contributed by atoms with Crippen LogP contribution in [0.4, 0.5) is 5.13 Å². The minimum absolute atomic E-state index is 0.0125. The lowest BCUT2D eigenvalue weighted by atomic mass is 10.1. The number of nitriles is 1. The van der Waals surface area contributed by atoms with Gasteiger partial charge in [0.15, 0.2) is 5.13 Å². The summed E-state index contributed by atoms with van der Waals surface area (Å²) in [5.41, 5.74) is 2.79. The van der Waals surface area contributed by atoms with Crippen molar-refractivity contribution < 1.29 is 4.79 Å². The number of nitrogens with zero attached hydrogens (tertiary/aromatic N) is 2. The first-order chi connectivity index (χ1) is 13.4. The van der Waals surface area contributed by atoms with Crippen LogP contribution in [0, 0.1) is 18.3 Å². The molecule has 0 fully saturated rings. The lowest BCUT2D eigenvalue weighted by molar-refractivity contribution is -0.112. The highest BCUT2D eigenvalue weighted by Crippen LogP contribution is 2.27. The molecule has 1 heterocycles. The number of rotatable bonds is 5. The molecule has 0 aliphatic carbocycles. The van der Waals surface area contributed by atoms with E-state index >= 15 is 0 Å². The number of carbonyl (C=O) groups is 1. The fourth-order valence-corrected chi connectivity index (χ4v) is 3.67. The molecule has 1 aromatic heterocycles. The lowest BCUT2D eigenvalue weighted by Gasteiger charge is -2.03. The van der Waals surface area contributed by atoms with E-state index < -0.39 is 5.91 Å². The second-order valence-corrected chi connectivity index (χ2v) is 8.04. The van der Waals surface area contributed by atoms with Gasteiger partial charge in [0.1, 0.15) is 11.6 Å². The van der Waals surface area contributed by atoms with Crippen molar-refractivity contribution in [1.29, 1.82) is 5.26 Å². The van der Waals surface area contributed by atoms with Gasteiger partial charge >= 0.3 is 0 Å². The van der Waals surface area contributed by atoms with Crippen molar-refractivity contribution in [2.45, 2.75) is 13.3 Å². The van der Waals surface area contributed by atoms with E-state index in [2.05, 4.69) is 10.3 Å². The number of aryl methyl sites for hydroxylation is 1. The van der Waals surface area contributed by atoms with E-state index in [1.165, 1.54) is 11.3 Å². The molecule has 0 spiro atoms. The number of benzene rings is 2. The summed E-state index contributed by atoms with van der Waals surface area (Å²) in [6, 6.07) is 14.8. The lowest BCUT2D eigenvalue weighted by Crippen LogP contribution is -2.13. The predicted molar refractivity (Wildman–Crippen MR) is 115 cm³/mol. The number of anilines is 1. The standard InChI is InChI=1S/C21H15Cl2N3OS/c1-13-2-4-14(5-3-13)8-16(11-24)20(27)26-21-25-12-18(28-21)10-15-9-17(22)6-7-19(15)23/h2-9,12H,10H2,1H3,(H,25,26,27)/b16-8-. The fourth-order valence-electron chi connectivity index (χ4n) is 2.46. The van der Waals surface area contributed by atoms with Crippen LogP contribution in [-0.4, -0.2) is 10.9 Å². The first-order valence-electron chi connectivity index (χ1n) is 8.33. The number of hydrogen-bond donors (Lipinski definition) is 1. The zero-order chi connectivity index (χ0) is 20.1. The highest BCUT2D eigenvalue weighted by Gasteiger charge is 2.13. The highest BCUT2D eigenvalue weighted by molar-refractivity contribution is 7.15. The maximum absolute atomic E-state index is 12.4. The summed E-state index contributed by atoms with van der Waals surface area (Å²) in [5, 5.41) is 13.6. The van der Waals surface area contributed by atoms with Gasteiger partial charge in [0.05, 0.1) is 0 Å². The number of amides is 1. The van der Waals surface area contributed by atoms with Crippen molar-refractivity contribution >= 4 is 51.7 Å². The summed E-state index contributed by atoms with van der Waals surface area (Å²) in [7, 11) is 0. The Morgan fingerprint density at radius 2 is 2.00 bits per heavy atom. The van der Waals surface area contributed by atoms with Crippen LogP contribution in [0.25, 0.3) is 6.08 Å². The molecular weight excluding hydrogens is 413 g/mol. The number of carbonyl (C=O) groups excluding carboxylic acids is 1. The molecule has 0 radical (unpaired) electrons. The van der Waals surface area contributed by atoms with Gasteiger partial charge in [-0.1, -0.05) is 53.0 Å². The predicted octanol–water partition coefficient (Wildman–Crippen LogP) is 5.89. The smallest absolute Gasteiger partial charge is 0.268 e. The van der Waals surface area contributed by atoms with E-state index in [1.54, 1.807) is 30.5 Å². The molecule has 3 rings (SSSR count). The summed E-state index contributed by atoms with van der Waals surface area (Å²) in [4.78, 5) is 17.5. The number of hydrogen-bond acceptors (Lipinski definition) is 4. The molecule has 0 aliphatic heterocycles. The van der Waals surface area contributed by atoms with Crippen molar-refractivity contribution in [2.75, 3.05) is 5.32 Å². The second kappa shape index (κ2) is 9.03. The number of aromatic nitrogens is 1. The maximum Gasteiger partial charge on any atom is 0.268 e. The Kier molecular flexibility index (Phi) is 6.48. The Hall–Kier alpha value is -2.65. The van der Waals surface area contributed by atoms with Crippen LogP contribution in [0.3, 0.4) is 0 Å². The molecule has 0 atom stereocenters. The topological polar surface area (TPSA) is 65.8 Å². The first kappa shape index (κ1) is 20.1. The van der Waals surface area contributed by atoms with Crippen molar-refractivity contribution in [1.82, 2.24) is 4.98 Å². The average Bonchev–Trinajstić information content (AvgIpc) is 3.11. The molecule has 0 aliphatic rings. The van der Waals surface area contributed by atoms with E-state index in [1.807, 2.05) is 37.3 Å². The third-order valence-corrected chi connectivity index (χ3v) is 5.42. The zero-order valence-electron chi connectivity index (χ0n) is 14.9. The Bertz CT molecular complexity index is 1080. The van der Waals surface area contributed by atoms with E-state index in [4.69, 9.17) is 23.2 Å². The van der Waals surface area contributed by atoms with Crippen LogP contribution in [0.2, 0.25) is 10.0 Å². The minimum atomic E-state index is -0.496. The zero-order valence-corrected chi connectivity index (χ0v) is 17.2. The molecule has 1 N–H and O–H groups in total. The van der Waals surface area contributed by atoms with Crippen LogP contribution in [-0.2, 0) is 11.2 Å². The summed E-state index contributed by atoms with van der Waals surface area (Å²) < 4.78 is 0. The van der Waals surface area contributed by atoms with Gasteiger partial charge in [0.2, 0.25) is 0 Å². The normalized spacial score (nSPS) is 11.1. The van der Waals surface area contributed by atoms with Crippen molar-refractivity contribution in [3.8, 4) is 6.07 Å². The third-order valence-electron chi connectivity index (χ3n) is 3.90. The van der Waals surface area contributed by atoms with Crippen molar-refractivity contribution in [2.24, 2.45) is 0 Å². The van der Waals surface area contributed by atoms with Gasteiger partial charge in [0, 0.05) is 27.5 Å². The number of halogens is 2. The van der Waals surface area contributed by atoms with Gasteiger partial charge in [-0.3, -0.25) is 10.1 Å². The molecule has 4 nitrogen and oxygen atoms in total. The summed E-state index contributed by atoms with van der Waals surface area (Å²) in [5.74, 6) is -0.496. The number of nitrogens with one attached hydrogen (secondary N) is 1. The van der Waals surface area contributed by atoms with Crippen LogP contribution < -0.4 is 5.32 Å². The van der Waals surface area contributed by atoms with Gasteiger partial charge in [0.25, 0.3) is 5.91 Å². The molecule has 1 amide bonds. The van der Waals surface area contributed by atoms with Gasteiger partial charge in [-0.15, -0.1) is 11.3 Å². The molecular formula is C21H15Cl2N3OS. The fraction of sp³-hybridized carbons (Fsp3) is 0.0952. The molecule has 0 unspecified atom stereocenters. The molecule has 2 aromatic carbocycles. The quantitative estimate of drug-likeness (QED) is 0.407. The Balaban J connectivity index is 1.71. The van der Waals surface area contributed by atoms with E-state index in [0.717, 1.165) is 21.6 Å². The van der Waals surface area contributed by atoms with Crippen LogP contribution >= 0.6 is 34.5 Å². The summed E-state index contributed by atoms with van der Waals surface area (Å²) >= 11 is 13.5. The monoisotopic (exact) mass is 427 g/mol. The minimum Gasteiger partial charge on any atom is -0.297 e.